The van der Waals surface area contributed by atoms with Crippen LogP contribution < -0.4 is 5.32 Å². The van der Waals surface area contributed by atoms with E-state index in [1.54, 1.807) is 10.9 Å². The Kier molecular flexibility index (Phi) is 2.74. The first-order chi connectivity index (χ1) is 7.63. The lowest BCUT2D eigenvalue weighted by Crippen LogP contribution is -2.20. The first kappa shape index (κ1) is 10.8. The van der Waals surface area contributed by atoms with Gasteiger partial charge in [0, 0.05) is 25.9 Å². The average molecular weight is 220 g/mol. The van der Waals surface area contributed by atoms with E-state index in [1.807, 2.05) is 38.9 Å². The molecule has 0 saturated carbocycles. The van der Waals surface area contributed by atoms with Crippen LogP contribution in [0.2, 0.25) is 0 Å². The van der Waals surface area contributed by atoms with Crippen molar-refractivity contribution in [2.45, 2.75) is 13.0 Å². The van der Waals surface area contributed by atoms with Gasteiger partial charge in [0.1, 0.15) is 0 Å². The van der Waals surface area contributed by atoms with Crippen LogP contribution in [0.3, 0.4) is 0 Å². The van der Waals surface area contributed by atoms with E-state index in [2.05, 4.69) is 20.7 Å². The van der Waals surface area contributed by atoms with Crippen molar-refractivity contribution in [3.8, 4) is 0 Å². The topological polar surface area (TPSA) is 60.6 Å². The summed E-state index contributed by atoms with van der Waals surface area (Å²) in [6.45, 7) is 2.00. The van der Waals surface area contributed by atoms with Gasteiger partial charge in [-0.25, -0.2) is 0 Å². The first-order valence-corrected chi connectivity index (χ1v) is 5.15. The van der Waals surface area contributed by atoms with Gasteiger partial charge >= 0.3 is 0 Å². The van der Waals surface area contributed by atoms with Gasteiger partial charge < -0.3 is 5.32 Å². The summed E-state index contributed by atoms with van der Waals surface area (Å²) in [4.78, 5) is 0. The fourth-order valence-corrected chi connectivity index (χ4v) is 1.92. The summed E-state index contributed by atoms with van der Waals surface area (Å²) in [5.74, 6) is 0. The van der Waals surface area contributed by atoms with E-state index in [0.717, 1.165) is 17.0 Å². The van der Waals surface area contributed by atoms with Crippen molar-refractivity contribution < 1.29 is 0 Å². The summed E-state index contributed by atoms with van der Waals surface area (Å²) < 4.78 is 3.59. The number of nitrogens with one attached hydrogen (secondary N) is 1. The lowest BCUT2D eigenvalue weighted by atomic mass is 10.1. The number of aryl methyl sites for hydroxylation is 3. The molecular weight excluding hydrogens is 204 g/mol. The molecule has 1 N–H and O–H groups in total. The lowest BCUT2D eigenvalue weighted by Gasteiger charge is -2.14. The van der Waals surface area contributed by atoms with E-state index in [0.29, 0.717) is 0 Å². The smallest absolute Gasteiger partial charge is 0.0799 e. The molecule has 6 heteroatoms. The standard InChI is InChI=1S/C10H16N6/c1-7-8(6-15(3)13-7)10(11-2)9-5-12-14-16(9)4/h5-6,10-11H,1-4H3. The summed E-state index contributed by atoms with van der Waals surface area (Å²) in [6, 6.07) is 0.0775. The second-order valence-corrected chi connectivity index (χ2v) is 3.85. The summed E-state index contributed by atoms with van der Waals surface area (Å²) >= 11 is 0. The Hall–Kier alpha value is -1.69. The maximum absolute atomic E-state index is 4.35. The van der Waals surface area contributed by atoms with E-state index in [1.165, 1.54) is 0 Å². The molecule has 0 bridgehead atoms. The summed E-state index contributed by atoms with van der Waals surface area (Å²) in [6.07, 6.45) is 3.79. The van der Waals surface area contributed by atoms with E-state index in [4.69, 9.17) is 0 Å². The van der Waals surface area contributed by atoms with Gasteiger partial charge in [-0.1, -0.05) is 5.21 Å². The lowest BCUT2D eigenvalue weighted by molar-refractivity contribution is 0.596. The van der Waals surface area contributed by atoms with Crippen molar-refractivity contribution in [3.63, 3.8) is 0 Å². The average Bonchev–Trinajstić information content (AvgIpc) is 2.77. The number of nitrogens with zero attached hydrogens (tertiary/aromatic N) is 5. The molecule has 6 nitrogen and oxygen atoms in total. The Morgan fingerprint density at radius 3 is 2.56 bits per heavy atom. The van der Waals surface area contributed by atoms with Gasteiger partial charge in [0.25, 0.3) is 0 Å². The quantitative estimate of drug-likeness (QED) is 0.800. The fourth-order valence-electron chi connectivity index (χ4n) is 1.92. The molecule has 0 aromatic carbocycles. The van der Waals surface area contributed by atoms with Crippen LogP contribution in [0.1, 0.15) is 23.0 Å². The molecule has 0 spiro atoms. The molecule has 2 aromatic rings. The summed E-state index contributed by atoms with van der Waals surface area (Å²) in [7, 11) is 5.73. The summed E-state index contributed by atoms with van der Waals surface area (Å²) in [5.41, 5.74) is 3.19. The summed E-state index contributed by atoms with van der Waals surface area (Å²) in [5, 5.41) is 15.5. The van der Waals surface area contributed by atoms with Crippen molar-refractivity contribution in [2.24, 2.45) is 14.1 Å². The monoisotopic (exact) mass is 220 g/mol. The maximum Gasteiger partial charge on any atom is 0.0799 e. The normalized spacial score (nSPS) is 13.0. The fraction of sp³-hybridized carbons (Fsp3) is 0.500. The van der Waals surface area contributed by atoms with Crippen molar-refractivity contribution in [1.29, 1.82) is 0 Å². The Morgan fingerprint density at radius 2 is 2.12 bits per heavy atom. The van der Waals surface area contributed by atoms with Crippen LogP contribution in [0.15, 0.2) is 12.4 Å². The minimum atomic E-state index is 0.0775. The number of aromatic nitrogens is 5. The molecule has 86 valence electrons. The Labute approximate surface area is 94.3 Å². The number of rotatable bonds is 3. The van der Waals surface area contributed by atoms with E-state index < -0.39 is 0 Å². The highest BCUT2D eigenvalue weighted by molar-refractivity contribution is 5.27. The third-order valence-corrected chi connectivity index (χ3v) is 2.70. The Morgan fingerprint density at radius 1 is 1.38 bits per heavy atom. The van der Waals surface area contributed by atoms with Crippen molar-refractivity contribution in [2.75, 3.05) is 7.05 Å². The highest BCUT2D eigenvalue weighted by Crippen LogP contribution is 2.22. The Bertz CT molecular complexity index is 483. The van der Waals surface area contributed by atoms with Gasteiger partial charge in [-0.2, -0.15) is 5.10 Å². The zero-order chi connectivity index (χ0) is 11.7. The van der Waals surface area contributed by atoms with Crippen LogP contribution in [0.5, 0.6) is 0 Å². The van der Waals surface area contributed by atoms with Crippen molar-refractivity contribution in [1.82, 2.24) is 30.1 Å². The van der Waals surface area contributed by atoms with Gasteiger partial charge in [0.2, 0.25) is 0 Å². The minimum Gasteiger partial charge on any atom is -0.308 e. The molecule has 0 aliphatic heterocycles. The number of hydrogen-bond acceptors (Lipinski definition) is 4. The zero-order valence-electron chi connectivity index (χ0n) is 9.97. The highest BCUT2D eigenvalue weighted by Gasteiger charge is 2.19. The Balaban J connectivity index is 2.44. The highest BCUT2D eigenvalue weighted by atomic mass is 15.4. The van der Waals surface area contributed by atoms with Gasteiger partial charge in [0.05, 0.1) is 23.6 Å². The third kappa shape index (κ3) is 1.71. The molecule has 0 saturated heterocycles. The van der Waals surface area contributed by atoms with Gasteiger partial charge in [-0.15, -0.1) is 5.10 Å². The second-order valence-electron chi connectivity index (χ2n) is 3.85. The zero-order valence-corrected chi connectivity index (χ0v) is 9.97. The molecule has 1 atom stereocenters. The van der Waals surface area contributed by atoms with Crippen LogP contribution in [-0.2, 0) is 14.1 Å². The number of hydrogen-bond donors (Lipinski definition) is 1. The maximum atomic E-state index is 4.35. The molecule has 0 aliphatic rings. The van der Waals surface area contributed by atoms with Crippen LogP contribution in [0.4, 0.5) is 0 Å². The van der Waals surface area contributed by atoms with Crippen LogP contribution in [0.25, 0.3) is 0 Å². The van der Waals surface area contributed by atoms with Crippen LogP contribution in [-0.4, -0.2) is 31.8 Å². The molecular formula is C10H16N6. The largest absolute Gasteiger partial charge is 0.308 e. The molecule has 1 unspecified atom stereocenters. The van der Waals surface area contributed by atoms with E-state index in [9.17, 15) is 0 Å². The molecule has 0 fully saturated rings. The van der Waals surface area contributed by atoms with Crippen LogP contribution >= 0.6 is 0 Å². The molecule has 2 heterocycles. The minimum absolute atomic E-state index is 0.0775. The molecule has 0 amide bonds. The first-order valence-electron chi connectivity index (χ1n) is 5.15. The third-order valence-electron chi connectivity index (χ3n) is 2.70. The second kappa shape index (κ2) is 4.05. The molecule has 2 aromatic heterocycles. The van der Waals surface area contributed by atoms with Gasteiger partial charge in [0.15, 0.2) is 0 Å². The SMILES string of the molecule is CNC(c1cn(C)nc1C)c1cnnn1C. The molecule has 0 aliphatic carbocycles. The van der Waals surface area contributed by atoms with Crippen LogP contribution in [0, 0.1) is 6.92 Å². The predicted octanol–water partition coefficient (Wildman–Crippen LogP) is 0.166. The molecule has 0 radical (unpaired) electrons. The predicted molar refractivity (Wildman–Crippen MR) is 59.9 cm³/mol. The van der Waals surface area contributed by atoms with E-state index in [-0.39, 0.29) is 6.04 Å². The van der Waals surface area contributed by atoms with Crippen molar-refractivity contribution >= 4 is 0 Å². The van der Waals surface area contributed by atoms with E-state index >= 15 is 0 Å². The van der Waals surface area contributed by atoms with Gasteiger partial charge in [-0.05, 0) is 14.0 Å². The molecule has 2 rings (SSSR count). The van der Waals surface area contributed by atoms with Crippen molar-refractivity contribution in [3.05, 3.63) is 29.3 Å². The molecule has 16 heavy (non-hydrogen) atoms. The van der Waals surface area contributed by atoms with Gasteiger partial charge in [-0.3, -0.25) is 9.36 Å².